The van der Waals surface area contributed by atoms with Crippen LogP contribution in [0.2, 0.25) is 0 Å². The molecule has 1 saturated carbocycles. The summed E-state index contributed by atoms with van der Waals surface area (Å²) in [7, 11) is 0. The van der Waals surface area contributed by atoms with E-state index < -0.39 is 0 Å². The SMILES string of the molecule is CCn1c(CNC(=O)c2ccc(F)cc2)nnc1SCC(=O)NC1CCCCC1C. The molecule has 2 atom stereocenters. The van der Waals surface area contributed by atoms with Crippen molar-refractivity contribution in [3.05, 3.63) is 41.5 Å². The Balaban J connectivity index is 1.52. The van der Waals surface area contributed by atoms with Crippen molar-refractivity contribution in [1.82, 2.24) is 25.4 Å². The fraction of sp³-hybridized carbons (Fsp3) is 0.524. The summed E-state index contributed by atoms with van der Waals surface area (Å²) in [5.74, 6) is 0.718. The number of carbonyl (C=O) groups excluding carboxylic acids is 2. The van der Waals surface area contributed by atoms with Crippen molar-refractivity contribution in [1.29, 1.82) is 0 Å². The molecule has 162 valence electrons. The molecule has 1 heterocycles. The third-order valence-corrected chi connectivity index (χ3v) is 6.38. The molecule has 9 heteroatoms. The van der Waals surface area contributed by atoms with E-state index in [1.54, 1.807) is 0 Å². The Kier molecular flexibility index (Phi) is 7.84. The number of halogens is 1. The minimum Gasteiger partial charge on any atom is -0.352 e. The van der Waals surface area contributed by atoms with Crippen LogP contribution >= 0.6 is 11.8 Å². The monoisotopic (exact) mass is 433 g/mol. The van der Waals surface area contributed by atoms with Crippen molar-refractivity contribution in [2.75, 3.05) is 5.75 Å². The Morgan fingerprint density at radius 1 is 1.20 bits per heavy atom. The molecule has 2 unspecified atom stereocenters. The lowest BCUT2D eigenvalue weighted by Gasteiger charge is -2.29. The van der Waals surface area contributed by atoms with E-state index in [1.807, 2.05) is 11.5 Å². The standard InChI is InChI=1S/C21H28FN5O2S/c1-3-27-18(12-23-20(29)15-8-10-16(22)11-9-15)25-26-21(27)30-13-19(28)24-17-7-5-4-6-14(17)2/h8-11,14,17H,3-7,12-13H2,1-2H3,(H,23,29)(H,24,28). The first-order chi connectivity index (χ1) is 14.5. The minimum atomic E-state index is -0.388. The zero-order chi connectivity index (χ0) is 21.5. The first-order valence-corrected chi connectivity index (χ1v) is 11.3. The van der Waals surface area contributed by atoms with Crippen molar-refractivity contribution >= 4 is 23.6 Å². The third kappa shape index (κ3) is 5.81. The van der Waals surface area contributed by atoms with E-state index in [0.717, 1.165) is 12.8 Å². The number of thioether (sulfide) groups is 1. The van der Waals surface area contributed by atoms with Crippen LogP contribution in [0.25, 0.3) is 0 Å². The van der Waals surface area contributed by atoms with Gasteiger partial charge in [0.05, 0.1) is 12.3 Å². The summed E-state index contributed by atoms with van der Waals surface area (Å²) >= 11 is 1.35. The third-order valence-electron chi connectivity index (χ3n) is 5.41. The number of nitrogens with one attached hydrogen (secondary N) is 2. The van der Waals surface area contributed by atoms with Crippen molar-refractivity contribution in [3.63, 3.8) is 0 Å². The van der Waals surface area contributed by atoms with Gasteiger partial charge in [-0.25, -0.2) is 4.39 Å². The highest BCUT2D eigenvalue weighted by molar-refractivity contribution is 7.99. The molecule has 1 fully saturated rings. The van der Waals surface area contributed by atoms with Crippen LogP contribution in [0, 0.1) is 11.7 Å². The molecule has 1 aromatic carbocycles. The zero-order valence-corrected chi connectivity index (χ0v) is 18.2. The van der Waals surface area contributed by atoms with Crippen LogP contribution in [0.4, 0.5) is 4.39 Å². The summed E-state index contributed by atoms with van der Waals surface area (Å²) in [6.45, 7) is 4.97. The molecule has 0 spiro atoms. The van der Waals surface area contributed by atoms with Gasteiger partial charge < -0.3 is 15.2 Å². The van der Waals surface area contributed by atoms with Gasteiger partial charge in [0.2, 0.25) is 5.91 Å². The lowest BCUT2D eigenvalue weighted by Crippen LogP contribution is -2.41. The highest BCUT2D eigenvalue weighted by Gasteiger charge is 2.23. The summed E-state index contributed by atoms with van der Waals surface area (Å²) in [5, 5.41) is 14.9. The van der Waals surface area contributed by atoms with Gasteiger partial charge in [0.25, 0.3) is 5.91 Å². The zero-order valence-electron chi connectivity index (χ0n) is 17.4. The van der Waals surface area contributed by atoms with E-state index in [1.165, 1.54) is 48.9 Å². The molecule has 0 bridgehead atoms. The Morgan fingerprint density at radius 3 is 2.63 bits per heavy atom. The van der Waals surface area contributed by atoms with Gasteiger partial charge >= 0.3 is 0 Å². The second kappa shape index (κ2) is 10.6. The number of carbonyl (C=O) groups is 2. The number of aromatic nitrogens is 3. The average Bonchev–Trinajstić information content (AvgIpc) is 3.14. The van der Waals surface area contributed by atoms with Crippen molar-refractivity contribution in [2.24, 2.45) is 5.92 Å². The maximum Gasteiger partial charge on any atom is 0.251 e. The van der Waals surface area contributed by atoms with Gasteiger partial charge in [0, 0.05) is 18.2 Å². The van der Waals surface area contributed by atoms with E-state index in [4.69, 9.17) is 0 Å². The van der Waals surface area contributed by atoms with Gasteiger partial charge in [0.1, 0.15) is 5.82 Å². The smallest absolute Gasteiger partial charge is 0.251 e. The Morgan fingerprint density at radius 2 is 1.93 bits per heavy atom. The predicted molar refractivity (Wildman–Crippen MR) is 114 cm³/mol. The first kappa shape index (κ1) is 22.3. The summed E-state index contributed by atoms with van der Waals surface area (Å²) < 4.78 is 14.9. The lowest BCUT2D eigenvalue weighted by molar-refractivity contribution is -0.119. The van der Waals surface area contributed by atoms with Crippen LogP contribution in [0.1, 0.15) is 55.7 Å². The van der Waals surface area contributed by atoms with Gasteiger partial charge in [-0.2, -0.15) is 0 Å². The Bertz CT molecular complexity index is 871. The van der Waals surface area contributed by atoms with Gasteiger partial charge in [-0.05, 0) is 49.9 Å². The number of hydrogen-bond donors (Lipinski definition) is 2. The molecule has 30 heavy (non-hydrogen) atoms. The van der Waals surface area contributed by atoms with Gasteiger partial charge in [-0.15, -0.1) is 10.2 Å². The molecule has 2 amide bonds. The molecule has 1 aromatic heterocycles. The minimum absolute atomic E-state index is 0.00978. The fourth-order valence-corrected chi connectivity index (χ4v) is 4.48. The lowest BCUT2D eigenvalue weighted by atomic mass is 9.86. The highest BCUT2D eigenvalue weighted by Crippen LogP contribution is 2.24. The van der Waals surface area contributed by atoms with E-state index in [9.17, 15) is 14.0 Å². The van der Waals surface area contributed by atoms with Crippen molar-refractivity contribution in [3.8, 4) is 0 Å². The summed E-state index contributed by atoms with van der Waals surface area (Å²) in [6.07, 6.45) is 4.61. The number of rotatable bonds is 8. The number of amides is 2. The van der Waals surface area contributed by atoms with E-state index in [-0.39, 0.29) is 36.0 Å². The molecule has 0 radical (unpaired) electrons. The van der Waals surface area contributed by atoms with Crippen molar-refractivity contribution < 1.29 is 14.0 Å². The van der Waals surface area contributed by atoms with Crippen LogP contribution < -0.4 is 10.6 Å². The topological polar surface area (TPSA) is 88.9 Å². The Labute approximate surface area is 180 Å². The summed E-state index contributed by atoms with van der Waals surface area (Å²) in [6, 6.07) is 5.62. The molecule has 0 saturated heterocycles. The number of nitrogens with zero attached hydrogens (tertiary/aromatic N) is 3. The molecule has 2 aromatic rings. The number of hydrogen-bond acceptors (Lipinski definition) is 5. The highest BCUT2D eigenvalue weighted by atomic mass is 32.2. The quantitative estimate of drug-likeness (QED) is 0.625. The van der Waals surface area contributed by atoms with E-state index in [2.05, 4.69) is 27.8 Å². The second-order valence-electron chi connectivity index (χ2n) is 7.56. The molecule has 1 aliphatic rings. The van der Waals surface area contributed by atoms with Crippen molar-refractivity contribution in [2.45, 2.75) is 63.8 Å². The average molecular weight is 434 g/mol. The molecular formula is C21H28FN5O2S. The van der Waals surface area contributed by atoms with Gasteiger partial charge in [-0.3, -0.25) is 9.59 Å². The second-order valence-corrected chi connectivity index (χ2v) is 8.50. The largest absolute Gasteiger partial charge is 0.352 e. The van der Waals surface area contributed by atoms with Crippen LogP contribution in [0.5, 0.6) is 0 Å². The molecule has 7 nitrogen and oxygen atoms in total. The maximum absolute atomic E-state index is 13.0. The van der Waals surface area contributed by atoms with E-state index >= 15 is 0 Å². The molecule has 0 aliphatic heterocycles. The van der Waals surface area contributed by atoms with Gasteiger partial charge in [-0.1, -0.05) is 31.5 Å². The van der Waals surface area contributed by atoms with Crippen LogP contribution in [-0.2, 0) is 17.9 Å². The van der Waals surface area contributed by atoms with Crippen LogP contribution in [0.3, 0.4) is 0 Å². The molecule has 2 N–H and O–H groups in total. The maximum atomic E-state index is 13.0. The molecule has 1 aliphatic carbocycles. The first-order valence-electron chi connectivity index (χ1n) is 10.4. The van der Waals surface area contributed by atoms with Gasteiger partial charge in [0.15, 0.2) is 11.0 Å². The van der Waals surface area contributed by atoms with Crippen LogP contribution in [0.15, 0.2) is 29.4 Å². The van der Waals surface area contributed by atoms with Crippen LogP contribution in [-0.4, -0.2) is 38.4 Å². The summed E-state index contributed by atoms with van der Waals surface area (Å²) in [5.41, 5.74) is 0.377. The Hall–Kier alpha value is -2.42. The fourth-order valence-electron chi connectivity index (χ4n) is 3.65. The van der Waals surface area contributed by atoms with E-state index in [0.29, 0.717) is 29.0 Å². The normalized spacial score (nSPS) is 18.8. The number of benzene rings is 1. The molecular weight excluding hydrogens is 405 g/mol. The summed E-state index contributed by atoms with van der Waals surface area (Å²) in [4.78, 5) is 24.6. The molecule has 3 rings (SSSR count). The predicted octanol–water partition coefficient (Wildman–Crippen LogP) is 3.15.